The van der Waals surface area contributed by atoms with Gasteiger partial charge in [0.2, 0.25) is 5.78 Å². The fourth-order valence-electron chi connectivity index (χ4n) is 6.89. The van der Waals surface area contributed by atoms with Gasteiger partial charge in [-0.15, -0.1) is 23.2 Å². The van der Waals surface area contributed by atoms with Crippen molar-refractivity contribution in [2.75, 3.05) is 6.61 Å². The largest absolute Gasteiger partial charge is 0.458 e. The molecule has 164 valence electrons. The molecule has 0 aromatic carbocycles. The van der Waals surface area contributed by atoms with Crippen molar-refractivity contribution in [1.29, 1.82) is 0 Å². The smallest absolute Gasteiger partial charge is 0.303 e. The van der Waals surface area contributed by atoms with Gasteiger partial charge in [-0.1, -0.05) is 25.5 Å². The predicted molar refractivity (Wildman–Crippen MR) is 113 cm³/mol. The molecule has 4 aliphatic carbocycles. The molecule has 1 N–H and O–H groups in total. The van der Waals surface area contributed by atoms with E-state index in [2.05, 4.69) is 0 Å². The molecule has 3 saturated carbocycles. The Morgan fingerprint density at radius 2 is 1.97 bits per heavy atom. The summed E-state index contributed by atoms with van der Waals surface area (Å²) in [6, 6.07) is 0. The molecule has 0 bridgehead atoms. The first kappa shape index (κ1) is 22.0. The maximum atomic E-state index is 12.9. The van der Waals surface area contributed by atoms with Gasteiger partial charge in [0.25, 0.3) is 0 Å². The molecule has 7 atom stereocenters. The van der Waals surface area contributed by atoms with E-state index in [1.165, 1.54) is 6.92 Å². The van der Waals surface area contributed by atoms with Crippen molar-refractivity contribution < 1.29 is 24.2 Å². The maximum absolute atomic E-state index is 12.9. The highest BCUT2D eigenvalue weighted by Crippen LogP contribution is 2.71. The van der Waals surface area contributed by atoms with Crippen LogP contribution in [0.3, 0.4) is 0 Å². The number of carbonyl (C=O) groups is 3. The topological polar surface area (TPSA) is 80.7 Å². The number of Topliss-reactive ketones (excluding diaryl/α,β-unsaturated/α-hetero) is 1. The summed E-state index contributed by atoms with van der Waals surface area (Å²) in [4.78, 5) is 35.3. The number of hydrogen-bond acceptors (Lipinski definition) is 5. The van der Waals surface area contributed by atoms with Crippen molar-refractivity contribution in [1.82, 2.24) is 0 Å². The molecular formula is C23H28Cl2O5. The highest BCUT2D eigenvalue weighted by atomic mass is 35.5. The van der Waals surface area contributed by atoms with Crippen LogP contribution in [0.5, 0.6) is 0 Å². The molecule has 3 unspecified atom stereocenters. The van der Waals surface area contributed by atoms with Crippen LogP contribution in [0.2, 0.25) is 0 Å². The Balaban J connectivity index is 1.72. The van der Waals surface area contributed by atoms with E-state index in [-0.39, 0.29) is 17.6 Å². The van der Waals surface area contributed by atoms with Gasteiger partial charge in [0.05, 0.1) is 10.3 Å². The second-order valence-corrected chi connectivity index (χ2v) is 11.0. The molecule has 4 rings (SSSR count). The van der Waals surface area contributed by atoms with Crippen LogP contribution in [0.15, 0.2) is 23.8 Å². The van der Waals surface area contributed by atoms with E-state index < -0.39 is 45.0 Å². The van der Waals surface area contributed by atoms with E-state index in [0.717, 1.165) is 18.4 Å². The summed E-state index contributed by atoms with van der Waals surface area (Å²) in [6.45, 7) is 4.78. The van der Waals surface area contributed by atoms with E-state index in [4.69, 9.17) is 27.9 Å². The fourth-order valence-corrected chi connectivity index (χ4v) is 8.13. The average Bonchev–Trinajstić information content (AvgIpc) is 2.94. The minimum absolute atomic E-state index is 0.000631. The number of aliphatic hydroxyl groups is 1. The monoisotopic (exact) mass is 454 g/mol. The Morgan fingerprint density at radius 1 is 1.27 bits per heavy atom. The molecule has 7 heteroatoms. The van der Waals surface area contributed by atoms with Gasteiger partial charge in [-0.2, -0.15) is 0 Å². The van der Waals surface area contributed by atoms with Crippen molar-refractivity contribution in [3.05, 3.63) is 23.8 Å². The Kier molecular flexibility index (Phi) is 5.08. The van der Waals surface area contributed by atoms with Crippen LogP contribution in [0, 0.1) is 22.7 Å². The van der Waals surface area contributed by atoms with Gasteiger partial charge in [-0.3, -0.25) is 14.4 Å². The number of ether oxygens (including phenoxy) is 1. The first-order valence-corrected chi connectivity index (χ1v) is 11.4. The molecule has 0 aromatic rings. The maximum Gasteiger partial charge on any atom is 0.303 e. The summed E-state index contributed by atoms with van der Waals surface area (Å²) in [5.41, 5.74) is -1.91. The zero-order chi connectivity index (χ0) is 22.1. The van der Waals surface area contributed by atoms with E-state index in [9.17, 15) is 19.5 Å². The summed E-state index contributed by atoms with van der Waals surface area (Å²) in [6.07, 6.45) is 7.97. The number of alkyl halides is 2. The van der Waals surface area contributed by atoms with Gasteiger partial charge in [0.15, 0.2) is 12.4 Å². The SMILES string of the molecule is CC(=O)OCC(=O)[C@@]1(O)CCC2C3CCC4=CC(=O)C=C[C@]4(C)[C@@]3(Cl)C(Cl)C[C@@]21C. The van der Waals surface area contributed by atoms with E-state index in [1.807, 2.05) is 19.9 Å². The van der Waals surface area contributed by atoms with Crippen molar-refractivity contribution in [3.8, 4) is 0 Å². The highest BCUT2D eigenvalue weighted by molar-refractivity contribution is 6.34. The van der Waals surface area contributed by atoms with Crippen LogP contribution in [0.4, 0.5) is 0 Å². The quantitative estimate of drug-likeness (QED) is 0.518. The Morgan fingerprint density at radius 3 is 2.63 bits per heavy atom. The summed E-state index contributed by atoms with van der Waals surface area (Å²) in [5, 5.41) is 11.0. The lowest BCUT2D eigenvalue weighted by Gasteiger charge is -2.63. The van der Waals surface area contributed by atoms with Gasteiger partial charge >= 0.3 is 5.97 Å². The van der Waals surface area contributed by atoms with Crippen LogP contribution < -0.4 is 0 Å². The van der Waals surface area contributed by atoms with E-state index >= 15 is 0 Å². The predicted octanol–water partition coefficient (Wildman–Crippen LogP) is 3.74. The molecule has 3 fully saturated rings. The van der Waals surface area contributed by atoms with Gasteiger partial charge in [-0.25, -0.2) is 0 Å². The number of allylic oxidation sites excluding steroid dienone is 4. The Labute approximate surface area is 186 Å². The van der Waals surface area contributed by atoms with Crippen LogP contribution >= 0.6 is 23.2 Å². The minimum Gasteiger partial charge on any atom is -0.458 e. The molecule has 0 aromatic heterocycles. The van der Waals surface area contributed by atoms with Crippen LogP contribution in [-0.4, -0.2) is 45.1 Å². The molecule has 0 saturated heterocycles. The number of hydrogen-bond donors (Lipinski definition) is 1. The molecule has 5 nitrogen and oxygen atoms in total. The van der Waals surface area contributed by atoms with Crippen molar-refractivity contribution >= 4 is 40.7 Å². The lowest BCUT2D eigenvalue weighted by atomic mass is 9.46. The normalized spacial score (nSPS) is 47.1. The highest BCUT2D eigenvalue weighted by Gasteiger charge is 2.72. The first-order chi connectivity index (χ1) is 13.9. The minimum atomic E-state index is -1.60. The number of rotatable bonds is 3. The second-order valence-electron chi connectivity index (χ2n) is 9.82. The molecule has 30 heavy (non-hydrogen) atoms. The second kappa shape index (κ2) is 6.91. The van der Waals surface area contributed by atoms with Crippen LogP contribution in [0.1, 0.15) is 52.9 Å². The lowest BCUT2D eigenvalue weighted by molar-refractivity contribution is -0.167. The molecule has 0 radical (unpaired) electrons. The summed E-state index contributed by atoms with van der Waals surface area (Å²) in [7, 11) is 0. The molecule has 0 aliphatic heterocycles. The standard InChI is InChI=1S/C23H28Cl2O5/c1-13(26)30-12-19(28)22(29)9-7-16-17-5-4-14-10-15(27)6-8-20(14,2)23(17,25)18(24)11-21(16,22)3/h6,8,10,16-18,29H,4-5,7,9,11-12H2,1-3H3/t16?,17?,18?,20-,21-,22-,23-/m0/s1. The summed E-state index contributed by atoms with van der Waals surface area (Å²) < 4.78 is 4.90. The Bertz CT molecular complexity index is 881. The Hall–Kier alpha value is -1.17. The third kappa shape index (κ3) is 2.67. The number of carbonyl (C=O) groups excluding carboxylic acids is 3. The number of halogens is 2. The van der Waals surface area contributed by atoms with E-state index in [0.29, 0.717) is 19.3 Å². The lowest BCUT2D eigenvalue weighted by Crippen LogP contribution is -2.67. The van der Waals surface area contributed by atoms with E-state index in [1.54, 1.807) is 12.2 Å². The number of ketones is 2. The average molecular weight is 455 g/mol. The zero-order valence-electron chi connectivity index (χ0n) is 17.5. The van der Waals surface area contributed by atoms with Crippen LogP contribution in [0.25, 0.3) is 0 Å². The third-order valence-corrected chi connectivity index (χ3v) is 10.2. The zero-order valence-corrected chi connectivity index (χ0v) is 19.1. The summed E-state index contributed by atoms with van der Waals surface area (Å²) >= 11 is 14.4. The van der Waals surface area contributed by atoms with Crippen LogP contribution in [-0.2, 0) is 19.1 Å². The fraction of sp³-hybridized carbons (Fsp3) is 0.696. The molecule has 0 spiro atoms. The van der Waals surface area contributed by atoms with Crippen molar-refractivity contribution in [3.63, 3.8) is 0 Å². The van der Waals surface area contributed by atoms with Gasteiger partial charge in [0, 0.05) is 17.8 Å². The van der Waals surface area contributed by atoms with Gasteiger partial charge < -0.3 is 9.84 Å². The van der Waals surface area contributed by atoms with Crippen molar-refractivity contribution in [2.45, 2.75) is 68.7 Å². The number of esters is 1. The molecular weight excluding hydrogens is 427 g/mol. The van der Waals surface area contributed by atoms with Gasteiger partial charge in [0.1, 0.15) is 5.60 Å². The number of fused-ring (bicyclic) bond motifs is 5. The first-order valence-electron chi connectivity index (χ1n) is 10.6. The van der Waals surface area contributed by atoms with Crippen molar-refractivity contribution in [2.24, 2.45) is 22.7 Å². The molecule has 0 amide bonds. The third-order valence-electron chi connectivity index (χ3n) is 8.62. The molecule has 4 aliphatic rings. The molecule has 0 heterocycles. The van der Waals surface area contributed by atoms with Gasteiger partial charge in [-0.05, 0) is 56.1 Å². The summed E-state index contributed by atoms with van der Waals surface area (Å²) in [5.74, 6) is -1.07.